The molecule has 0 radical (unpaired) electrons. The Hall–Kier alpha value is -6.53. The molecule has 1 atom stereocenters. The lowest BCUT2D eigenvalue weighted by Crippen LogP contribution is -2.44. The highest BCUT2D eigenvalue weighted by atomic mass is 19.3. The predicted molar refractivity (Wildman–Crippen MR) is 231 cm³/mol. The van der Waals surface area contributed by atoms with Crippen LogP contribution in [0.4, 0.5) is 20.3 Å². The number of hydrogen-bond acceptors (Lipinski definition) is 11. The average Bonchev–Trinajstić information content (AvgIpc) is 3.76. The van der Waals surface area contributed by atoms with E-state index in [1.807, 2.05) is 43.4 Å². The molecule has 3 amide bonds. The van der Waals surface area contributed by atoms with Gasteiger partial charge in [0.1, 0.15) is 18.1 Å². The third-order valence-corrected chi connectivity index (χ3v) is 11.5. The maximum absolute atomic E-state index is 14.0. The van der Waals surface area contributed by atoms with Crippen LogP contribution in [-0.2, 0) is 34.3 Å². The lowest BCUT2D eigenvalue weighted by atomic mass is 10.0. The molecule has 6 aromatic rings. The number of piperidine rings is 1. The lowest BCUT2D eigenvalue weighted by Gasteiger charge is -2.21. The number of nitrogens with one attached hydrogen (secondary N) is 3. The third kappa shape index (κ3) is 10.1. The summed E-state index contributed by atoms with van der Waals surface area (Å²) in [4.78, 5) is 61.0. The fourth-order valence-corrected chi connectivity index (χ4v) is 7.75. The van der Waals surface area contributed by atoms with Crippen LogP contribution in [0.25, 0.3) is 28.2 Å². The van der Waals surface area contributed by atoms with E-state index in [1.165, 1.54) is 21.7 Å². The maximum Gasteiger partial charge on any atom is 0.329 e. The largest absolute Gasteiger partial charge is 0.444 e. The molecule has 1 saturated heterocycles. The number of halogens is 2. The van der Waals surface area contributed by atoms with Crippen LogP contribution in [0.5, 0.6) is 0 Å². The third-order valence-electron chi connectivity index (χ3n) is 11.5. The van der Waals surface area contributed by atoms with Gasteiger partial charge in [-0.2, -0.15) is 5.10 Å². The van der Waals surface area contributed by atoms with E-state index in [9.17, 15) is 28.0 Å². The van der Waals surface area contributed by atoms with Crippen LogP contribution in [0.15, 0.2) is 82.5 Å². The van der Waals surface area contributed by atoms with Crippen LogP contribution >= 0.6 is 0 Å². The summed E-state index contributed by atoms with van der Waals surface area (Å²) in [5.41, 5.74) is 3.73. The first kappa shape index (κ1) is 43.1. The zero-order valence-corrected chi connectivity index (χ0v) is 35.2. The summed E-state index contributed by atoms with van der Waals surface area (Å²) >= 11 is 0. The van der Waals surface area contributed by atoms with E-state index in [-0.39, 0.29) is 35.3 Å². The number of unbranched alkanes of at least 4 members (excludes halogenated alkanes) is 2. The quantitative estimate of drug-likeness (QED) is 0.0583. The number of benzene rings is 2. The van der Waals surface area contributed by atoms with Crippen molar-refractivity contribution < 1.29 is 32.3 Å². The molecule has 0 spiro atoms. The fraction of sp³-hybridized carbons (Fsp3) is 0.400. The number of hydrogen-bond donors (Lipinski definition) is 3. The normalized spacial score (nSPS) is 15.3. The second-order valence-electron chi connectivity index (χ2n) is 16.0. The van der Waals surface area contributed by atoms with Gasteiger partial charge in [0.25, 0.3) is 12.3 Å². The van der Waals surface area contributed by atoms with E-state index in [1.54, 1.807) is 36.0 Å². The van der Waals surface area contributed by atoms with E-state index >= 15 is 0 Å². The van der Waals surface area contributed by atoms with Gasteiger partial charge in [0, 0.05) is 58.1 Å². The number of amides is 3. The summed E-state index contributed by atoms with van der Waals surface area (Å²) in [5, 5.41) is 12.4. The number of carbonyl (C=O) groups excluding carboxylic acids is 3. The van der Waals surface area contributed by atoms with Crippen LogP contribution in [-0.4, -0.2) is 79.5 Å². The number of anilines is 2. The molecule has 5 heterocycles. The Morgan fingerprint density at radius 2 is 1.76 bits per heavy atom. The van der Waals surface area contributed by atoms with Crippen molar-refractivity contribution in [1.29, 1.82) is 0 Å². The monoisotopic (exact) mass is 864 g/mol. The molecule has 63 heavy (non-hydrogen) atoms. The van der Waals surface area contributed by atoms with E-state index < -0.39 is 30.0 Å². The van der Waals surface area contributed by atoms with Gasteiger partial charge in [-0.3, -0.25) is 28.8 Å². The molecule has 1 aliphatic heterocycles. The molecule has 2 aliphatic rings. The van der Waals surface area contributed by atoms with Crippen molar-refractivity contribution in [2.24, 2.45) is 7.05 Å². The molecule has 1 aliphatic carbocycles. The minimum absolute atomic E-state index is 0.0607. The Morgan fingerprint density at radius 3 is 2.52 bits per heavy atom. The molecule has 1 saturated carbocycles. The number of oxazole rings is 1. The summed E-state index contributed by atoms with van der Waals surface area (Å²) in [6.07, 6.45) is 8.51. The Bertz CT molecular complexity index is 2650. The van der Waals surface area contributed by atoms with Crippen LogP contribution in [0.3, 0.4) is 0 Å². The summed E-state index contributed by atoms with van der Waals surface area (Å²) < 4.78 is 43.9. The number of carbonyl (C=O) groups is 3. The molecular weight excluding hydrogens is 815 g/mol. The van der Waals surface area contributed by atoms with E-state index in [0.717, 1.165) is 74.0 Å². The molecule has 3 N–H and O–H groups in total. The molecule has 0 bridgehead atoms. The SMILES string of the molecule is CN(c1cc(-c2nc(C(=O)Nc3cn(-c4ccc(CNCCCCOCCCCc5ccc6c(c5)n(C)c(=O)n6C5CCC(=O)NC5=O)cc4)nc3C(F)F)co2)ccn1)C1CC1. The Kier molecular flexibility index (Phi) is 13.2. The standard InChI is InChI=1S/C45H50F2N10O6/c1-54(31-13-14-31)38-24-30(18-20-49-38)44-51-34(27-63-44)42(59)50-33-26-56(53-40(33)41(46)47)32-11-8-29(9-12-32)25-48-19-4-6-22-62-21-5-3-7-28-10-15-35-37(23-28)55(2)45(61)57(35)36-16-17-39(58)52-43(36)60/h8-12,15,18,20,23-24,26-27,31,36,41,48H,3-7,13-14,16-17,19,21-22,25H2,1-2H3,(H,50,59)(H,52,58,60). The smallest absolute Gasteiger partial charge is 0.329 e. The van der Waals surface area contributed by atoms with Gasteiger partial charge in [-0.15, -0.1) is 0 Å². The summed E-state index contributed by atoms with van der Waals surface area (Å²) in [6.45, 7) is 2.75. The summed E-state index contributed by atoms with van der Waals surface area (Å²) in [6, 6.07) is 16.6. The molecule has 8 rings (SSSR count). The van der Waals surface area contributed by atoms with Crippen molar-refractivity contribution >= 4 is 40.3 Å². The van der Waals surface area contributed by atoms with Crippen molar-refractivity contribution in [2.75, 3.05) is 37.0 Å². The number of pyridine rings is 1. The number of imidazole rings is 1. The molecule has 4 aromatic heterocycles. The number of imide groups is 1. The first-order valence-electron chi connectivity index (χ1n) is 21.3. The number of ether oxygens (including phenoxy) is 1. The van der Waals surface area contributed by atoms with Crippen molar-refractivity contribution in [2.45, 2.75) is 82.8 Å². The first-order valence-corrected chi connectivity index (χ1v) is 21.3. The molecule has 16 nitrogen and oxygen atoms in total. The maximum atomic E-state index is 14.0. The van der Waals surface area contributed by atoms with Crippen molar-refractivity contribution in [1.82, 2.24) is 39.5 Å². The highest BCUT2D eigenvalue weighted by Gasteiger charge is 2.31. The minimum atomic E-state index is -2.93. The number of nitrogens with zero attached hydrogens (tertiary/aromatic N) is 7. The number of fused-ring (bicyclic) bond motifs is 1. The lowest BCUT2D eigenvalue weighted by molar-refractivity contribution is -0.135. The Balaban J connectivity index is 0.731. The molecule has 330 valence electrons. The van der Waals surface area contributed by atoms with Crippen molar-refractivity contribution in [3.8, 4) is 17.1 Å². The zero-order chi connectivity index (χ0) is 44.0. The van der Waals surface area contributed by atoms with Gasteiger partial charge in [0.05, 0.1) is 28.6 Å². The number of rotatable bonds is 20. The van der Waals surface area contributed by atoms with Crippen molar-refractivity contribution in [3.05, 3.63) is 106 Å². The molecule has 18 heteroatoms. The first-order chi connectivity index (χ1) is 30.5. The van der Waals surface area contributed by atoms with Crippen LogP contribution in [0.1, 0.15) is 91.1 Å². The number of aromatic nitrogens is 6. The van der Waals surface area contributed by atoms with Crippen LogP contribution in [0.2, 0.25) is 0 Å². The zero-order valence-electron chi connectivity index (χ0n) is 35.2. The second-order valence-corrected chi connectivity index (χ2v) is 16.0. The summed E-state index contributed by atoms with van der Waals surface area (Å²) in [5.74, 6) is -0.477. The highest BCUT2D eigenvalue weighted by Crippen LogP contribution is 2.32. The van der Waals surface area contributed by atoms with Gasteiger partial charge < -0.3 is 24.7 Å². The number of alkyl halides is 2. The fourth-order valence-electron chi connectivity index (χ4n) is 7.75. The van der Waals surface area contributed by atoms with Gasteiger partial charge in [-0.1, -0.05) is 18.2 Å². The average molecular weight is 865 g/mol. The van der Waals surface area contributed by atoms with Crippen LogP contribution < -0.4 is 26.5 Å². The van der Waals surface area contributed by atoms with Gasteiger partial charge in [0.2, 0.25) is 17.7 Å². The number of aryl methyl sites for hydroxylation is 2. The summed E-state index contributed by atoms with van der Waals surface area (Å²) in [7, 11) is 3.67. The molecule has 2 aromatic carbocycles. The van der Waals surface area contributed by atoms with E-state index in [0.29, 0.717) is 49.0 Å². The minimum Gasteiger partial charge on any atom is -0.444 e. The van der Waals surface area contributed by atoms with Gasteiger partial charge in [-0.05, 0) is 105 Å². The highest BCUT2D eigenvalue weighted by molar-refractivity contribution is 6.03. The molecular formula is C45H50F2N10O6. The Labute approximate surface area is 361 Å². The van der Waals surface area contributed by atoms with Gasteiger partial charge in [0.15, 0.2) is 11.4 Å². The molecule has 2 fully saturated rings. The predicted octanol–water partition coefficient (Wildman–Crippen LogP) is 6.25. The van der Waals surface area contributed by atoms with E-state index in [4.69, 9.17) is 9.15 Å². The Morgan fingerprint density at radius 1 is 0.984 bits per heavy atom. The van der Waals surface area contributed by atoms with Gasteiger partial charge in [-0.25, -0.2) is 28.2 Å². The second kappa shape index (κ2) is 19.2. The van der Waals surface area contributed by atoms with Crippen molar-refractivity contribution in [3.63, 3.8) is 0 Å². The van der Waals surface area contributed by atoms with Gasteiger partial charge >= 0.3 is 5.69 Å². The molecule has 1 unspecified atom stereocenters. The topological polar surface area (TPSA) is 183 Å². The van der Waals surface area contributed by atoms with Crippen LogP contribution in [0, 0.1) is 0 Å². The van der Waals surface area contributed by atoms with E-state index in [2.05, 4.69) is 35.9 Å².